The van der Waals surface area contributed by atoms with E-state index in [0.29, 0.717) is 5.75 Å². The maximum absolute atomic E-state index is 12.5. The normalized spacial score (nSPS) is 14.1. The van der Waals surface area contributed by atoms with Gasteiger partial charge in [0.25, 0.3) is 0 Å². The third-order valence-corrected chi connectivity index (χ3v) is 5.83. The number of nitrogens with zero attached hydrogens (tertiary/aromatic N) is 5. The average molecular weight is 406 g/mol. The maximum Gasteiger partial charge on any atom is 0.232 e. The molecule has 3 aromatic rings. The number of hydrogen-bond acceptors (Lipinski definition) is 6. The van der Waals surface area contributed by atoms with E-state index in [4.69, 9.17) is 4.98 Å². The van der Waals surface area contributed by atoms with Crippen LogP contribution in [-0.4, -0.2) is 57.7 Å². The van der Waals surface area contributed by atoms with Crippen molar-refractivity contribution in [3.05, 3.63) is 72.7 Å². The number of benzene rings is 1. The fraction of sp³-hybridized carbons (Fsp3) is 0.273. The molecule has 4 rings (SSSR count). The fourth-order valence-electron chi connectivity index (χ4n) is 3.27. The number of hydrogen-bond donors (Lipinski definition) is 0. The van der Waals surface area contributed by atoms with Gasteiger partial charge in [0.05, 0.1) is 5.75 Å². The molecule has 0 bridgehead atoms. The Morgan fingerprint density at radius 1 is 0.966 bits per heavy atom. The van der Waals surface area contributed by atoms with E-state index in [1.165, 1.54) is 0 Å². The monoisotopic (exact) mass is 405 g/mol. The van der Waals surface area contributed by atoms with E-state index in [0.717, 1.165) is 54.7 Å². The highest BCUT2D eigenvalue weighted by Crippen LogP contribution is 2.19. The van der Waals surface area contributed by atoms with Gasteiger partial charge in [-0.3, -0.25) is 9.78 Å². The number of rotatable bonds is 6. The van der Waals surface area contributed by atoms with E-state index < -0.39 is 0 Å². The lowest BCUT2D eigenvalue weighted by Crippen LogP contribution is -2.49. The van der Waals surface area contributed by atoms with E-state index >= 15 is 0 Å². The first-order chi connectivity index (χ1) is 14.3. The number of carbonyl (C=O) groups is 1. The zero-order valence-corrected chi connectivity index (χ0v) is 17.0. The molecule has 0 spiro atoms. The lowest BCUT2D eigenvalue weighted by atomic mass is 10.2. The van der Waals surface area contributed by atoms with E-state index in [2.05, 4.69) is 14.9 Å². The van der Waals surface area contributed by atoms with Crippen molar-refractivity contribution < 1.29 is 4.79 Å². The third-order valence-electron chi connectivity index (χ3n) is 4.85. The lowest BCUT2D eigenvalue weighted by Gasteiger charge is -2.35. The van der Waals surface area contributed by atoms with Crippen molar-refractivity contribution in [1.82, 2.24) is 19.9 Å². The number of carbonyl (C=O) groups excluding carboxylic acids is 1. The van der Waals surface area contributed by atoms with Gasteiger partial charge in [-0.05, 0) is 17.7 Å². The number of piperazine rings is 1. The maximum atomic E-state index is 12.5. The van der Waals surface area contributed by atoms with Crippen LogP contribution in [0.5, 0.6) is 0 Å². The molecule has 0 unspecified atom stereocenters. The molecule has 6 nitrogen and oxygen atoms in total. The molecule has 148 valence electrons. The minimum absolute atomic E-state index is 0.200. The molecule has 0 N–H and O–H groups in total. The molecule has 1 aliphatic heterocycles. The lowest BCUT2D eigenvalue weighted by molar-refractivity contribution is -0.128. The molecule has 7 heteroatoms. The standard InChI is InChI=1S/C22H23N5OS/c28-21(17-29-16-18-5-4-9-23-15-18)27-13-11-26(12-14-27)20-8-10-24-22(25-20)19-6-2-1-3-7-19/h1-10,15H,11-14,16-17H2. The molecule has 29 heavy (non-hydrogen) atoms. The summed E-state index contributed by atoms with van der Waals surface area (Å²) in [4.78, 5) is 29.9. The van der Waals surface area contributed by atoms with Crippen LogP contribution in [-0.2, 0) is 10.5 Å². The van der Waals surface area contributed by atoms with Crippen molar-refractivity contribution in [3.8, 4) is 11.4 Å². The van der Waals surface area contributed by atoms with E-state index in [-0.39, 0.29) is 5.91 Å². The molecule has 0 radical (unpaired) electrons. The van der Waals surface area contributed by atoms with Gasteiger partial charge in [-0.25, -0.2) is 9.97 Å². The molecule has 0 saturated carbocycles. The van der Waals surface area contributed by atoms with Crippen LogP contribution in [0, 0.1) is 0 Å². The van der Waals surface area contributed by atoms with Crippen molar-refractivity contribution in [2.45, 2.75) is 5.75 Å². The average Bonchev–Trinajstić information content (AvgIpc) is 2.80. The van der Waals surface area contributed by atoms with Gasteiger partial charge >= 0.3 is 0 Å². The highest BCUT2D eigenvalue weighted by molar-refractivity contribution is 7.99. The first-order valence-electron chi connectivity index (χ1n) is 9.67. The molecule has 1 aliphatic rings. The highest BCUT2D eigenvalue weighted by Gasteiger charge is 2.22. The van der Waals surface area contributed by atoms with Gasteiger partial charge < -0.3 is 9.80 Å². The van der Waals surface area contributed by atoms with Crippen molar-refractivity contribution in [2.75, 3.05) is 36.8 Å². The van der Waals surface area contributed by atoms with Gasteiger partial charge in [0.2, 0.25) is 5.91 Å². The van der Waals surface area contributed by atoms with E-state index in [1.54, 1.807) is 24.2 Å². The van der Waals surface area contributed by atoms with Crippen molar-refractivity contribution in [3.63, 3.8) is 0 Å². The van der Waals surface area contributed by atoms with Crippen LogP contribution in [0.4, 0.5) is 5.82 Å². The predicted octanol–water partition coefficient (Wildman–Crippen LogP) is 3.12. The van der Waals surface area contributed by atoms with Crippen LogP contribution in [0.2, 0.25) is 0 Å². The largest absolute Gasteiger partial charge is 0.353 e. The molecular weight excluding hydrogens is 382 g/mol. The Morgan fingerprint density at radius 2 is 1.79 bits per heavy atom. The Bertz CT molecular complexity index is 930. The summed E-state index contributed by atoms with van der Waals surface area (Å²) in [5.74, 6) is 3.15. The quantitative estimate of drug-likeness (QED) is 0.628. The van der Waals surface area contributed by atoms with Crippen LogP contribution in [0.15, 0.2) is 67.1 Å². The molecule has 1 amide bonds. The Morgan fingerprint density at radius 3 is 2.55 bits per heavy atom. The summed E-state index contributed by atoms with van der Waals surface area (Å²) in [6.45, 7) is 3.00. The zero-order chi connectivity index (χ0) is 19.9. The summed E-state index contributed by atoms with van der Waals surface area (Å²) in [6, 6.07) is 15.9. The number of thioether (sulfide) groups is 1. The van der Waals surface area contributed by atoms with Crippen molar-refractivity contribution >= 4 is 23.5 Å². The van der Waals surface area contributed by atoms with Crippen molar-refractivity contribution in [2.24, 2.45) is 0 Å². The fourth-order valence-corrected chi connectivity index (χ4v) is 4.13. The summed E-state index contributed by atoms with van der Waals surface area (Å²) >= 11 is 1.64. The predicted molar refractivity (Wildman–Crippen MR) is 117 cm³/mol. The Balaban J connectivity index is 1.28. The molecule has 0 aliphatic carbocycles. The number of anilines is 1. The van der Waals surface area contributed by atoms with Crippen LogP contribution >= 0.6 is 11.8 Å². The summed E-state index contributed by atoms with van der Waals surface area (Å²) in [6.07, 6.45) is 5.41. The van der Waals surface area contributed by atoms with Gasteiger partial charge in [-0.1, -0.05) is 36.4 Å². The van der Waals surface area contributed by atoms with Gasteiger partial charge in [0.15, 0.2) is 5.82 Å². The summed E-state index contributed by atoms with van der Waals surface area (Å²) in [7, 11) is 0. The molecule has 1 saturated heterocycles. The van der Waals surface area contributed by atoms with E-state index in [1.807, 2.05) is 59.6 Å². The van der Waals surface area contributed by atoms with Gasteiger partial charge in [0, 0.05) is 56.1 Å². The summed E-state index contributed by atoms with van der Waals surface area (Å²) < 4.78 is 0. The summed E-state index contributed by atoms with van der Waals surface area (Å²) in [5.41, 5.74) is 2.15. The third kappa shape index (κ3) is 5.12. The van der Waals surface area contributed by atoms with Gasteiger partial charge in [-0.15, -0.1) is 11.8 Å². The number of amides is 1. The second kappa shape index (κ2) is 9.52. The first-order valence-corrected chi connectivity index (χ1v) is 10.8. The smallest absolute Gasteiger partial charge is 0.232 e. The second-order valence-corrected chi connectivity index (χ2v) is 7.81. The topological polar surface area (TPSA) is 62.2 Å². The van der Waals surface area contributed by atoms with E-state index in [9.17, 15) is 4.79 Å². The zero-order valence-electron chi connectivity index (χ0n) is 16.1. The highest BCUT2D eigenvalue weighted by atomic mass is 32.2. The van der Waals surface area contributed by atoms with Crippen LogP contribution < -0.4 is 4.90 Å². The van der Waals surface area contributed by atoms with Crippen molar-refractivity contribution in [1.29, 1.82) is 0 Å². The Labute approximate surface area is 175 Å². The van der Waals surface area contributed by atoms with Crippen LogP contribution in [0.3, 0.4) is 0 Å². The minimum atomic E-state index is 0.200. The molecule has 2 aromatic heterocycles. The second-order valence-electron chi connectivity index (χ2n) is 6.83. The van der Waals surface area contributed by atoms with Crippen LogP contribution in [0.25, 0.3) is 11.4 Å². The first kappa shape index (κ1) is 19.4. The SMILES string of the molecule is O=C(CSCc1cccnc1)N1CCN(c2ccnc(-c3ccccc3)n2)CC1. The molecular formula is C22H23N5OS. The van der Waals surface area contributed by atoms with Gasteiger partial charge in [0.1, 0.15) is 5.82 Å². The number of pyridine rings is 1. The molecule has 3 heterocycles. The van der Waals surface area contributed by atoms with Gasteiger partial charge in [-0.2, -0.15) is 0 Å². The Kier molecular flexibility index (Phi) is 6.36. The molecule has 1 fully saturated rings. The molecule has 1 aromatic carbocycles. The summed E-state index contributed by atoms with van der Waals surface area (Å²) in [5, 5.41) is 0. The number of aromatic nitrogens is 3. The minimum Gasteiger partial charge on any atom is -0.353 e. The molecule has 0 atom stereocenters. The Hall–Kier alpha value is -2.93. The van der Waals surface area contributed by atoms with Crippen LogP contribution in [0.1, 0.15) is 5.56 Å².